The molecule has 2 aromatic rings. The minimum absolute atomic E-state index is 0.237. The van der Waals surface area contributed by atoms with Crippen molar-refractivity contribution in [3.63, 3.8) is 0 Å². The Bertz CT molecular complexity index is 889. The first kappa shape index (κ1) is 16.3. The molecule has 2 aliphatic carbocycles. The van der Waals surface area contributed by atoms with Gasteiger partial charge in [-0.1, -0.05) is 48.0 Å². The van der Waals surface area contributed by atoms with Crippen molar-refractivity contribution in [2.45, 2.75) is 37.0 Å². The van der Waals surface area contributed by atoms with E-state index in [0.29, 0.717) is 11.8 Å². The quantitative estimate of drug-likeness (QED) is 0.848. The van der Waals surface area contributed by atoms with Crippen molar-refractivity contribution in [1.82, 2.24) is 4.83 Å². The first-order chi connectivity index (χ1) is 12.0. The summed E-state index contributed by atoms with van der Waals surface area (Å²) < 4.78 is 25.1. The molecule has 2 aliphatic rings. The molecule has 0 heterocycles. The Morgan fingerprint density at radius 1 is 1.00 bits per heavy atom. The van der Waals surface area contributed by atoms with Crippen LogP contribution in [0.5, 0.6) is 0 Å². The van der Waals surface area contributed by atoms with Crippen molar-refractivity contribution < 1.29 is 8.42 Å². The van der Waals surface area contributed by atoms with Gasteiger partial charge in [0.2, 0.25) is 0 Å². The van der Waals surface area contributed by atoms with E-state index < -0.39 is 10.0 Å². The molecule has 2 aromatic carbocycles. The summed E-state index contributed by atoms with van der Waals surface area (Å²) in [5, 5.41) is 4.41. The third-order valence-electron chi connectivity index (χ3n) is 5.47. The van der Waals surface area contributed by atoms with E-state index >= 15 is 0 Å². The van der Waals surface area contributed by atoms with Crippen LogP contribution in [0, 0.1) is 18.8 Å². The number of fused-ring (bicyclic) bond motifs is 2. The summed E-state index contributed by atoms with van der Waals surface area (Å²) in [6.07, 6.45) is 3.43. The number of aryl methyl sites for hydroxylation is 1. The van der Waals surface area contributed by atoms with Gasteiger partial charge in [-0.3, -0.25) is 0 Å². The Morgan fingerprint density at radius 2 is 1.72 bits per heavy atom. The largest absolute Gasteiger partial charge is 0.276 e. The lowest BCUT2D eigenvalue weighted by Crippen LogP contribution is -2.26. The van der Waals surface area contributed by atoms with Crippen molar-refractivity contribution in [3.8, 4) is 0 Å². The summed E-state index contributed by atoms with van der Waals surface area (Å²) in [6.45, 7) is 1.93. The van der Waals surface area contributed by atoms with Crippen molar-refractivity contribution in [3.05, 3.63) is 65.7 Å². The lowest BCUT2D eigenvalue weighted by molar-refractivity contribution is 0.530. The van der Waals surface area contributed by atoms with Gasteiger partial charge in [0.1, 0.15) is 0 Å². The van der Waals surface area contributed by atoms with Gasteiger partial charge in [-0.2, -0.15) is 13.5 Å². The van der Waals surface area contributed by atoms with Crippen LogP contribution in [0.2, 0.25) is 0 Å². The second-order valence-corrected chi connectivity index (χ2v) is 8.76. The zero-order valence-electron chi connectivity index (χ0n) is 14.2. The second kappa shape index (κ2) is 6.30. The second-order valence-electron chi connectivity index (χ2n) is 7.10. The predicted octanol–water partition coefficient (Wildman–Crippen LogP) is 3.84. The highest BCUT2D eigenvalue weighted by molar-refractivity contribution is 7.89. The number of hydrogen-bond donors (Lipinski definition) is 1. The molecule has 4 nitrogen and oxygen atoms in total. The minimum Gasteiger partial charge on any atom is -0.200 e. The third-order valence-corrected chi connectivity index (χ3v) is 6.69. The Balaban J connectivity index is 1.62. The summed E-state index contributed by atoms with van der Waals surface area (Å²) in [7, 11) is -3.62. The Kier molecular flexibility index (Phi) is 4.12. The van der Waals surface area contributed by atoms with Gasteiger partial charge in [-0.25, -0.2) is 4.83 Å². The first-order valence-electron chi connectivity index (χ1n) is 8.75. The predicted molar refractivity (Wildman–Crippen MR) is 98.9 cm³/mol. The van der Waals surface area contributed by atoms with Crippen molar-refractivity contribution in [1.29, 1.82) is 0 Å². The molecule has 2 fully saturated rings. The highest BCUT2D eigenvalue weighted by atomic mass is 32.2. The van der Waals surface area contributed by atoms with Crippen LogP contribution in [0.3, 0.4) is 0 Å². The molecule has 0 aliphatic heterocycles. The van der Waals surface area contributed by atoms with Crippen molar-refractivity contribution in [2.24, 2.45) is 16.9 Å². The van der Waals surface area contributed by atoms with E-state index in [0.717, 1.165) is 24.1 Å². The molecule has 1 N–H and O–H groups in total. The topological polar surface area (TPSA) is 58.5 Å². The number of nitrogens with one attached hydrogen (secondary N) is 1. The SMILES string of the molecule is Cc1ccc(S(=O)(=O)N/N=C2/[C@H]3CC[C@@H](C3)[C@@H]2c2ccccc2)cc1. The Morgan fingerprint density at radius 3 is 2.44 bits per heavy atom. The fraction of sp³-hybridized carbons (Fsp3) is 0.350. The van der Waals surface area contributed by atoms with Crippen LogP contribution in [-0.4, -0.2) is 14.1 Å². The van der Waals surface area contributed by atoms with Crippen LogP contribution in [0.4, 0.5) is 0 Å². The molecule has 25 heavy (non-hydrogen) atoms. The molecule has 2 saturated carbocycles. The van der Waals surface area contributed by atoms with E-state index in [1.54, 1.807) is 24.3 Å². The molecule has 4 rings (SSSR count). The van der Waals surface area contributed by atoms with Crippen LogP contribution in [0.15, 0.2) is 64.6 Å². The maximum atomic E-state index is 12.5. The van der Waals surface area contributed by atoms with Gasteiger partial charge in [0.15, 0.2) is 0 Å². The Hall–Kier alpha value is -2.14. The zero-order valence-corrected chi connectivity index (χ0v) is 15.0. The summed E-state index contributed by atoms with van der Waals surface area (Å²) >= 11 is 0. The zero-order chi connectivity index (χ0) is 17.4. The number of hydrazone groups is 1. The molecule has 0 radical (unpaired) electrons. The number of benzene rings is 2. The van der Waals surface area contributed by atoms with Gasteiger partial charge in [0.25, 0.3) is 10.0 Å². The number of hydrogen-bond acceptors (Lipinski definition) is 3. The van der Waals surface area contributed by atoms with E-state index in [1.807, 2.05) is 25.1 Å². The van der Waals surface area contributed by atoms with Crippen LogP contribution >= 0.6 is 0 Å². The van der Waals surface area contributed by atoms with E-state index in [2.05, 4.69) is 22.1 Å². The van der Waals surface area contributed by atoms with E-state index in [4.69, 9.17) is 0 Å². The van der Waals surface area contributed by atoms with Gasteiger partial charge < -0.3 is 0 Å². The summed E-state index contributed by atoms with van der Waals surface area (Å²) in [5.74, 6) is 1.21. The van der Waals surface area contributed by atoms with Gasteiger partial charge in [-0.15, -0.1) is 0 Å². The molecular formula is C20H22N2O2S. The van der Waals surface area contributed by atoms with Gasteiger partial charge in [0, 0.05) is 11.6 Å². The molecule has 3 atom stereocenters. The fourth-order valence-electron chi connectivity index (χ4n) is 4.23. The number of nitrogens with zero attached hydrogens (tertiary/aromatic N) is 1. The normalized spacial score (nSPS) is 26.9. The van der Waals surface area contributed by atoms with Crippen molar-refractivity contribution in [2.75, 3.05) is 0 Å². The average molecular weight is 354 g/mol. The highest BCUT2D eigenvalue weighted by Crippen LogP contribution is 2.51. The first-order valence-corrected chi connectivity index (χ1v) is 10.2. The van der Waals surface area contributed by atoms with Gasteiger partial charge >= 0.3 is 0 Å². The lowest BCUT2D eigenvalue weighted by Gasteiger charge is -2.24. The van der Waals surface area contributed by atoms with Crippen LogP contribution in [0.1, 0.15) is 36.3 Å². The fourth-order valence-corrected chi connectivity index (χ4v) is 5.06. The van der Waals surface area contributed by atoms with E-state index in [-0.39, 0.29) is 10.8 Å². The minimum atomic E-state index is -3.62. The molecule has 0 amide bonds. The smallest absolute Gasteiger partial charge is 0.200 e. The molecule has 0 aromatic heterocycles. The van der Waals surface area contributed by atoms with Gasteiger partial charge in [0.05, 0.1) is 4.90 Å². The van der Waals surface area contributed by atoms with Crippen LogP contribution < -0.4 is 4.83 Å². The molecule has 0 unspecified atom stereocenters. The maximum absolute atomic E-state index is 12.5. The molecule has 5 heteroatoms. The monoisotopic (exact) mass is 354 g/mol. The third kappa shape index (κ3) is 3.09. The standard InChI is InChI=1S/C20H22N2O2S/c1-14-7-11-18(12-8-14)25(23,24)22-21-20-17-10-9-16(13-17)19(20)15-5-3-2-4-6-15/h2-8,11-12,16-17,19,22H,9-10,13H2,1H3/b21-20-/t16-,17-,19-/m0/s1. The Labute approximate surface area is 149 Å². The van der Waals surface area contributed by atoms with Crippen LogP contribution in [0.25, 0.3) is 0 Å². The van der Waals surface area contributed by atoms with Crippen molar-refractivity contribution >= 4 is 15.7 Å². The molecular weight excluding hydrogens is 332 g/mol. The molecule has 2 bridgehead atoms. The maximum Gasteiger partial charge on any atom is 0.276 e. The number of sulfonamides is 1. The molecule has 0 spiro atoms. The lowest BCUT2D eigenvalue weighted by atomic mass is 9.82. The van der Waals surface area contributed by atoms with E-state index in [1.165, 1.54) is 12.0 Å². The van der Waals surface area contributed by atoms with Crippen LogP contribution in [-0.2, 0) is 10.0 Å². The summed E-state index contributed by atoms with van der Waals surface area (Å²) in [4.78, 5) is 2.73. The highest BCUT2D eigenvalue weighted by Gasteiger charge is 2.45. The summed E-state index contributed by atoms with van der Waals surface area (Å²) in [6, 6.07) is 17.2. The van der Waals surface area contributed by atoms with E-state index in [9.17, 15) is 8.42 Å². The molecule has 0 saturated heterocycles. The molecule has 130 valence electrons. The average Bonchev–Trinajstić information content (AvgIpc) is 3.22. The summed E-state index contributed by atoms with van der Waals surface area (Å²) in [5.41, 5.74) is 3.27. The number of rotatable bonds is 4. The van der Waals surface area contributed by atoms with Gasteiger partial charge in [-0.05, 0) is 55.7 Å².